The summed E-state index contributed by atoms with van der Waals surface area (Å²) in [5, 5.41) is 5.65. The average molecular weight is 822 g/mol. The summed E-state index contributed by atoms with van der Waals surface area (Å²) >= 11 is 0. The van der Waals surface area contributed by atoms with Gasteiger partial charge in [-0.15, -0.1) is 0 Å². The van der Waals surface area contributed by atoms with Crippen LogP contribution in [0.3, 0.4) is 0 Å². The molecule has 1 aliphatic carbocycles. The van der Waals surface area contributed by atoms with Gasteiger partial charge < -0.3 is 23.5 Å². The number of anilines is 9. The fourth-order valence-corrected chi connectivity index (χ4v) is 9.97. The third kappa shape index (κ3) is 5.64. The second kappa shape index (κ2) is 14.5. The molecule has 5 nitrogen and oxygen atoms in total. The molecule has 0 saturated carbocycles. The van der Waals surface area contributed by atoms with E-state index in [9.17, 15) is 0 Å². The predicted molar refractivity (Wildman–Crippen MR) is 266 cm³/mol. The number of nitrogens with zero attached hydrogens (tertiary/aromatic N) is 3. The summed E-state index contributed by atoms with van der Waals surface area (Å²) in [5.74, 6) is 0.988. The molecular weight excluding hydrogens is 783 g/mol. The largest absolute Gasteiger partial charge is 0.460 e. The van der Waals surface area contributed by atoms with Crippen LogP contribution >= 0.6 is 0 Å². The molecule has 13 rings (SSSR count). The van der Waals surface area contributed by atoms with Crippen LogP contribution in [0.2, 0.25) is 0 Å². The first-order valence-corrected chi connectivity index (χ1v) is 21.8. The summed E-state index contributed by atoms with van der Waals surface area (Å²) in [6.45, 7) is 0. The summed E-state index contributed by atoms with van der Waals surface area (Å²) in [4.78, 5) is 7.21. The smallest absolute Gasteiger partial charge is 0.143 e. The lowest BCUT2D eigenvalue weighted by atomic mass is 9.94. The van der Waals surface area contributed by atoms with Gasteiger partial charge in [0.1, 0.15) is 22.5 Å². The Balaban J connectivity index is 1.03. The van der Waals surface area contributed by atoms with Gasteiger partial charge in [0.2, 0.25) is 0 Å². The molecule has 0 saturated heterocycles. The summed E-state index contributed by atoms with van der Waals surface area (Å²) in [6, 6.07) is 71.7. The van der Waals surface area contributed by atoms with Crippen molar-refractivity contribution in [1.29, 1.82) is 0 Å². The molecule has 0 unspecified atom stereocenters. The van der Waals surface area contributed by atoms with Crippen molar-refractivity contribution in [3.8, 4) is 11.1 Å². The van der Waals surface area contributed by atoms with Crippen LogP contribution in [0.5, 0.6) is 0 Å². The summed E-state index contributed by atoms with van der Waals surface area (Å²) in [5.41, 5.74) is 15.7. The molecule has 0 spiro atoms. The summed E-state index contributed by atoms with van der Waals surface area (Å²) in [6.07, 6.45) is 9.27. The Morgan fingerprint density at radius 3 is 1.91 bits per heavy atom. The number of allylic oxidation sites excluding steroid dienone is 3. The summed E-state index contributed by atoms with van der Waals surface area (Å²) < 4.78 is 13.0. The van der Waals surface area contributed by atoms with E-state index in [4.69, 9.17) is 8.83 Å². The molecule has 64 heavy (non-hydrogen) atoms. The minimum atomic E-state index is 0.766. The Bertz CT molecular complexity index is 3670. The van der Waals surface area contributed by atoms with Crippen molar-refractivity contribution in [2.45, 2.75) is 6.42 Å². The average Bonchev–Trinajstić information content (AvgIpc) is 3.81. The molecule has 0 amide bonds. The van der Waals surface area contributed by atoms with Gasteiger partial charge in [0, 0.05) is 61.8 Å². The Labute approximate surface area is 370 Å². The number of furan rings is 2. The van der Waals surface area contributed by atoms with Gasteiger partial charge in [-0.2, -0.15) is 0 Å². The molecule has 302 valence electrons. The number of hydrogen-bond donors (Lipinski definition) is 0. The molecule has 2 aliphatic rings. The SMILES string of the molecule is C1=CCc2oc3ccc(N(c4ccccc4)c4ccc5c(c4)N(c4ccccc4)c4ccccc4N5c4ccc(-c5cccc6c5oc5ccccc56)c5ccccc45)cc3c2C=C1. The molecule has 0 fully saturated rings. The second-order valence-corrected chi connectivity index (χ2v) is 16.4. The lowest BCUT2D eigenvalue weighted by molar-refractivity contribution is 0.564. The fourth-order valence-electron chi connectivity index (χ4n) is 9.97. The number of fused-ring (bicyclic) bond motifs is 9. The topological polar surface area (TPSA) is 36.0 Å². The predicted octanol–water partition coefficient (Wildman–Crippen LogP) is 17.0. The Morgan fingerprint density at radius 1 is 0.391 bits per heavy atom. The highest BCUT2D eigenvalue weighted by Gasteiger charge is 2.33. The minimum absolute atomic E-state index is 0.766. The van der Waals surface area contributed by atoms with Crippen molar-refractivity contribution in [1.82, 2.24) is 0 Å². The van der Waals surface area contributed by atoms with E-state index in [0.717, 1.165) is 124 Å². The molecule has 0 atom stereocenters. The molecule has 1 aliphatic heterocycles. The van der Waals surface area contributed by atoms with Gasteiger partial charge in [-0.3, -0.25) is 0 Å². The lowest BCUT2D eigenvalue weighted by Crippen LogP contribution is -2.24. The van der Waals surface area contributed by atoms with E-state index >= 15 is 0 Å². The number of rotatable bonds is 6. The monoisotopic (exact) mass is 821 g/mol. The zero-order valence-corrected chi connectivity index (χ0v) is 34.7. The van der Waals surface area contributed by atoms with Crippen LogP contribution in [-0.2, 0) is 6.42 Å². The zero-order valence-electron chi connectivity index (χ0n) is 34.7. The zero-order chi connectivity index (χ0) is 42.1. The molecule has 2 aromatic heterocycles. The number of benzene rings is 9. The maximum absolute atomic E-state index is 6.59. The van der Waals surface area contributed by atoms with E-state index in [-0.39, 0.29) is 0 Å². The standard InChI is InChI=1S/C59H39N3O2/c1-4-17-39(18-5-1)60(41-32-36-58-50(37-41)47-23-8-3-9-29-56(47)63-58)42-31-34-54-55(38-42)61(40-19-6-2-7-20-40)52-27-13-14-28-53(52)62(54)51-35-33-44(43-21-10-11-22-45(43)51)48-25-16-26-49-46-24-12-15-30-57(46)64-59(48)49/h1-28,30-38H,29H2. The van der Waals surface area contributed by atoms with Crippen molar-refractivity contribution in [2.75, 3.05) is 14.7 Å². The molecule has 0 radical (unpaired) electrons. The molecule has 11 aromatic rings. The van der Waals surface area contributed by atoms with E-state index in [1.54, 1.807) is 0 Å². The van der Waals surface area contributed by atoms with E-state index in [1.807, 2.05) is 6.07 Å². The first-order chi connectivity index (χ1) is 31.8. The normalized spacial score (nSPS) is 13.1. The van der Waals surface area contributed by atoms with Gasteiger partial charge >= 0.3 is 0 Å². The third-order valence-electron chi connectivity index (χ3n) is 12.8. The van der Waals surface area contributed by atoms with Gasteiger partial charge in [-0.1, -0.05) is 140 Å². The molecule has 5 heteroatoms. The van der Waals surface area contributed by atoms with E-state index in [2.05, 4.69) is 233 Å². The van der Waals surface area contributed by atoms with Crippen LogP contribution in [0.25, 0.3) is 60.9 Å². The Morgan fingerprint density at radius 2 is 1.05 bits per heavy atom. The van der Waals surface area contributed by atoms with Crippen molar-refractivity contribution < 1.29 is 8.83 Å². The van der Waals surface area contributed by atoms with Crippen molar-refractivity contribution in [3.05, 3.63) is 230 Å². The lowest BCUT2D eigenvalue weighted by Gasteiger charge is -2.41. The Hall–Kier alpha value is -8.54. The van der Waals surface area contributed by atoms with E-state index < -0.39 is 0 Å². The molecular formula is C59H39N3O2. The van der Waals surface area contributed by atoms with Gasteiger partial charge in [-0.25, -0.2) is 0 Å². The highest BCUT2D eigenvalue weighted by atomic mass is 16.3. The molecule has 0 N–H and O–H groups in total. The first kappa shape index (κ1) is 36.1. The number of hydrogen-bond acceptors (Lipinski definition) is 5. The van der Waals surface area contributed by atoms with Gasteiger partial charge in [-0.05, 0) is 95.9 Å². The van der Waals surface area contributed by atoms with Crippen LogP contribution in [0.4, 0.5) is 51.2 Å². The fraction of sp³-hybridized carbons (Fsp3) is 0.0169. The van der Waals surface area contributed by atoms with E-state index in [0.29, 0.717) is 0 Å². The van der Waals surface area contributed by atoms with Crippen LogP contribution in [-0.4, -0.2) is 0 Å². The second-order valence-electron chi connectivity index (χ2n) is 16.4. The highest BCUT2D eigenvalue weighted by molar-refractivity contribution is 6.15. The van der Waals surface area contributed by atoms with E-state index in [1.165, 1.54) is 0 Å². The van der Waals surface area contributed by atoms with Crippen molar-refractivity contribution in [2.24, 2.45) is 0 Å². The van der Waals surface area contributed by atoms with Crippen LogP contribution in [0.1, 0.15) is 11.3 Å². The Kier molecular flexibility index (Phi) is 8.21. The molecule has 9 aromatic carbocycles. The van der Waals surface area contributed by atoms with Gasteiger partial charge in [0.25, 0.3) is 0 Å². The highest BCUT2D eigenvalue weighted by Crippen LogP contribution is 2.57. The summed E-state index contributed by atoms with van der Waals surface area (Å²) in [7, 11) is 0. The van der Waals surface area contributed by atoms with Crippen molar-refractivity contribution >= 4 is 101 Å². The molecule has 3 heterocycles. The maximum Gasteiger partial charge on any atom is 0.143 e. The van der Waals surface area contributed by atoms with Crippen molar-refractivity contribution in [3.63, 3.8) is 0 Å². The molecule has 0 bridgehead atoms. The van der Waals surface area contributed by atoms with Crippen LogP contribution in [0, 0.1) is 0 Å². The maximum atomic E-state index is 6.59. The van der Waals surface area contributed by atoms with Gasteiger partial charge in [0.15, 0.2) is 0 Å². The quantitative estimate of drug-likeness (QED) is 0.167. The number of para-hydroxylation sites is 6. The first-order valence-electron chi connectivity index (χ1n) is 21.8. The van der Waals surface area contributed by atoms with Gasteiger partial charge in [0.05, 0.1) is 28.4 Å². The third-order valence-corrected chi connectivity index (χ3v) is 12.8. The van der Waals surface area contributed by atoms with Crippen LogP contribution < -0.4 is 14.7 Å². The minimum Gasteiger partial charge on any atom is -0.460 e. The van der Waals surface area contributed by atoms with Crippen LogP contribution in [0.15, 0.2) is 227 Å².